The van der Waals surface area contributed by atoms with E-state index in [4.69, 9.17) is 4.74 Å². The largest absolute Gasteiger partial charge is 0.455 e. The maximum absolute atomic E-state index is 6.00. The maximum atomic E-state index is 6.00. The molecule has 1 aliphatic heterocycles. The van der Waals surface area contributed by atoms with Crippen molar-refractivity contribution in [1.82, 2.24) is 15.2 Å². The van der Waals surface area contributed by atoms with Gasteiger partial charge in [-0.15, -0.1) is 5.10 Å². The monoisotopic (exact) mass is 361 g/mol. The SMILES string of the molecule is CC1CCN(c2nncc(Nc3ccccc3Oc3ccccc3)n2)CC1. The first-order valence-electron chi connectivity index (χ1n) is 9.31. The Bertz CT molecular complexity index is 879. The summed E-state index contributed by atoms with van der Waals surface area (Å²) in [7, 11) is 0. The quantitative estimate of drug-likeness (QED) is 0.714. The molecule has 0 unspecified atom stereocenters. The van der Waals surface area contributed by atoms with Crippen molar-refractivity contribution in [1.29, 1.82) is 0 Å². The number of rotatable bonds is 5. The van der Waals surface area contributed by atoms with Crippen molar-refractivity contribution in [2.24, 2.45) is 5.92 Å². The summed E-state index contributed by atoms with van der Waals surface area (Å²) >= 11 is 0. The van der Waals surface area contributed by atoms with E-state index in [1.807, 2.05) is 54.6 Å². The van der Waals surface area contributed by atoms with E-state index in [9.17, 15) is 0 Å². The zero-order chi connectivity index (χ0) is 18.5. The lowest BCUT2D eigenvalue weighted by atomic mass is 10.00. The van der Waals surface area contributed by atoms with Gasteiger partial charge in [-0.2, -0.15) is 10.1 Å². The van der Waals surface area contributed by atoms with Crippen molar-refractivity contribution in [3.05, 3.63) is 60.8 Å². The molecule has 27 heavy (non-hydrogen) atoms. The Labute approximate surface area is 159 Å². The number of nitrogens with one attached hydrogen (secondary N) is 1. The van der Waals surface area contributed by atoms with E-state index in [1.165, 1.54) is 0 Å². The molecule has 1 fully saturated rings. The zero-order valence-corrected chi connectivity index (χ0v) is 15.4. The molecule has 0 atom stereocenters. The molecule has 138 valence electrons. The molecule has 0 amide bonds. The van der Waals surface area contributed by atoms with Crippen LogP contribution in [0.15, 0.2) is 60.8 Å². The van der Waals surface area contributed by atoms with Crippen LogP contribution in [0.4, 0.5) is 17.5 Å². The van der Waals surface area contributed by atoms with Gasteiger partial charge in [0.15, 0.2) is 11.6 Å². The molecular weight excluding hydrogens is 338 g/mol. The van der Waals surface area contributed by atoms with Gasteiger partial charge in [0.1, 0.15) is 5.75 Å². The van der Waals surface area contributed by atoms with Crippen molar-refractivity contribution in [2.45, 2.75) is 19.8 Å². The van der Waals surface area contributed by atoms with Gasteiger partial charge in [-0.25, -0.2) is 0 Å². The van der Waals surface area contributed by atoms with Gasteiger partial charge in [0.05, 0.1) is 11.9 Å². The molecule has 0 spiro atoms. The van der Waals surface area contributed by atoms with Crippen LogP contribution in [-0.2, 0) is 0 Å². The van der Waals surface area contributed by atoms with Gasteiger partial charge in [0.2, 0.25) is 5.95 Å². The smallest absolute Gasteiger partial charge is 0.247 e. The lowest BCUT2D eigenvalue weighted by Crippen LogP contribution is -2.34. The third-order valence-electron chi connectivity index (χ3n) is 4.73. The average Bonchev–Trinajstić information content (AvgIpc) is 2.71. The van der Waals surface area contributed by atoms with E-state index in [0.29, 0.717) is 11.8 Å². The minimum Gasteiger partial charge on any atom is -0.455 e. The first-order valence-corrected chi connectivity index (χ1v) is 9.31. The molecule has 1 saturated heterocycles. The second-order valence-corrected chi connectivity index (χ2v) is 6.85. The van der Waals surface area contributed by atoms with E-state index in [1.54, 1.807) is 6.20 Å². The molecule has 6 heteroatoms. The van der Waals surface area contributed by atoms with E-state index in [0.717, 1.165) is 49.0 Å². The molecule has 0 aliphatic carbocycles. The highest BCUT2D eigenvalue weighted by Gasteiger charge is 2.18. The molecule has 1 aliphatic rings. The van der Waals surface area contributed by atoms with Crippen LogP contribution in [0.3, 0.4) is 0 Å². The van der Waals surface area contributed by atoms with Gasteiger partial charge in [-0.3, -0.25) is 0 Å². The van der Waals surface area contributed by atoms with Crippen molar-refractivity contribution >= 4 is 17.5 Å². The second kappa shape index (κ2) is 8.03. The van der Waals surface area contributed by atoms with Gasteiger partial charge in [0, 0.05) is 13.1 Å². The Hall–Kier alpha value is -3.15. The van der Waals surface area contributed by atoms with E-state index in [-0.39, 0.29) is 0 Å². The fourth-order valence-corrected chi connectivity index (χ4v) is 3.11. The Morgan fingerprint density at radius 1 is 1.00 bits per heavy atom. The van der Waals surface area contributed by atoms with Gasteiger partial charge in [-0.1, -0.05) is 37.3 Å². The molecule has 0 bridgehead atoms. The predicted octanol–water partition coefficient (Wildman–Crippen LogP) is 4.64. The highest BCUT2D eigenvalue weighted by molar-refractivity contribution is 5.64. The number of benzene rings is 2. The number of piperidine rings is 1. The number of nitrogens with zero attached hydrogens (tertiary/aromatic N) is 4. The summed E-state index contributed by atoms with van der Waals surface area (Å²) in [6.07, 6.45) is 3.96. The van der Waals surface area contributed by atoms with Crippen LogP contribution in [0.5, 0.6) is 11.5 Å². The van der Waals surface area contributed by atoms with E-state index in [2.05, 4.69) is 32.3 Å². The molecule has 2 aromatic carbocycles. The van der Waals surface area contributed by atoms with Crippen LogP contribution >= 0.6 is 0 Å². The van der Waals surface area contributed by atoms with Crippen molar-refractivity contribution in [2.75, 3.05) is 23.3 Å². The van der Waals surface area contributed by atoms with Crippen molar-refractivity contribution in [3.63, 3.8) is 0 Å². The zero-order valence-electron chi connectivity index (χ0n) is 15.4. The average molecular weight is 361 g/mol. The molecule has 6 nitrogen and oxygen atoms in total. The van der Waals surface area contributed by atoms with Crippen LogP contribution < -0.4 is 15.0 Å². The molecule has 1 aromatic heterocycles. The Morgan fingerprint density at radius 2 is 1.74 bits per heavy atom. The number of para-hydroxylation sites is 3. The summed E-state index contributed by atoms with van der Waals surface area (Å²) in [5.74, 6) is 3.61. The van der Waals surface area contributed by atoms with Crippen LogP contribution in [0, 0.1) is 5.92 Å². The Morgan fingerprint density at radius 3 is 2.56 bits per heavy atom. The van der Waals surface area contributed by atoms with Gasteiger partial charge in [0.25, 0.3) is 0 Å². The number of hydrogen-bond acceptors (Lipinski definition) is 6. The molecule has 2 heterocycles. The third kappa shape index (κ3) is 4.34. The first-order chi connectivity index (χ1) is 13.3. The number of hydrogen-bond donors (Lipinski definition) is 1. The topological polar surface area (TPSA) is 63.2 Å². The summed E-state index contributed by atoms with van der Waals surface area (Å²) in [5.41, 5.74) is 0.833. The molecule has 1 N–H and O–H groups in total. The molecule has 3 aromatic rings. The summed E-state index contributed by atoms with van der Waals surface area (Å²) < 4.78 is 6.00. The first kappa shape index (κ1) is 17.3. The highest BCUT2D eigenvalue weighted by Crippen LogP contribution is 2.31. The van der Waals surface area contributed by atoms with Gasteiger partial charge >= 0.3 is 0 Å². The minimum absolute atomic E-state index is 0.655. The fourth-order valence-electron chi connectivity index (χ4n) is 3.11. The summed E-state index contributed by atoms with van der Waals surface area (Å²) in [6.45, 7) is 4.23. The maximum Gasteiger partial charge on any atom is 0.247 e. The summed E-state index contributed by atoms with van der Waals surface area (Å²) in [4.78, 5) is 6.85. The number of aromatic nitrogens is 3. The van der Waals surface area contributed by atoms with Gasteiger partial charge in [-0.05, 0) is 43.0 Å². The third-order valence-corrected chi connectivity index (χ3v) is 4.73. The highest BCUT2D eigenvalue weighted by atomic mass is 16.5. The molecular formula is C21H23N5O. The predicted molar refractivity (Wildman–Crippen MR) is 107 cm³/mol. The lowest BCUT2D eigenvalue weighted by Gasteiger charge is -2.29. The van der Waals surface area contributed by atoms with Crippen LogP contribution in [0.1, 0.15) is 19.8 Å². The number of anilines is 3. The van der Waals surface area contributed by atoms with Crippen molar-refractivity contribution < 1.29 is 4.74 Å². The van der Waals surface area contributed by atoms with E-state index < -0.39 is 0 Å². The fraction of sp³-hybridized carbons (Fsp3) is 0.286. The summed E-state index contributed by atoms with van der Waals surface area (Å²) in [5, 5.41) is 11.7. The Balaban J connectivity index is 1.52. The van der Waals surface area contributed by atoms with Crippen molar-refractivity contribution in [3.8, 4) is 11.5 Å². The number of ether oxygens (including phenoxy) is 1. The molecule has 4 rings (SSSR count). The molecule has 0 saturated carbocycles. The Kier molecular flexibility index (Phi) is 5.14. The second-order valence-electron chi connectivity index (χ2n) is 6.85. The van der Waals surface area contributed by atoms with Gasteiger partial charge < -0.3 is 15.0 Å². The van der Waals surface area contributed by atoms with Crippen LogP contribution in [0.25, 0.3) is 0 Å². The lowest BCUT2D eigenvalue weighted by molar-refractivity contribution is 0.433. The molecule has 0 radical (unpaired) electrons. The summed E-state index contributed by atoms with van der Waals surface area (Å²) in [6, 6.07) is 17.5. The normalized spacial score (nSPS) is 14.8. The van der Waals surface area contributed by atoms with Crippen LogP contribution in [-0.4, -0.2) is 28.3 Å². The van der Waals surface area contributed by atoms with E-state index >= 15 is 0 Å². The minimum atomic E-state index is 0.655. The van der Waals surface area contributed by atoms with Crippen LogP contribution in [0.2, 0.25) is 0 Å². The standard InChI is InChI=1S/C21H23N5O/c1-16-11-13-26(14-12-16)21-24-20(15-22-25-21)23-18-9-5-6-10-19(18)27-17-7-3-2-4-8-17/h2-10,15-16H,11-14H2,1H3,(H,23,24,25).